The van der Waals surface area contributed by atoms with Crippen LogP contribution in [-0.2, 0) is 10.0 Å². The first-order chi connectivity index (χ1) is 9.89. The molecule has 0 spiro atoms. The van der Waals surface area contributed by atoms with Crippen LogP contribution in [0, 0.1) is 27.7 Å². The van der Waals surface area contributed by atoms with Gasteiger partial charge in [-0.05, 0) is 49.9 Å². The molecule has 0 aliphatic rings. The van der Waals surface area contributed by atoms with E-state index in [4.69, 9.17) is 11.5 Å². The summed E-state index contributed by atoms with van der Waals surface area (Å²) in [4.78, 5) is 15.8. The summed E-state index contributed by atoms with van der Waals surface area (Å²) in [7, 11) is -2.01. The number of sulfonamides is 1. The van der Waals surface area contributed by atoms with Gasteiger partial charge in [-0.3, -0.25) is 9.10 Å². The Balaban J connectivity index is 3.80. The highest BCUT2D eigenvalue weighted by Gasteiger charge is 2.24. The van der Waals surface area contributed by atoms with Crippen LogP contribution < -0.4 is 15.8 Å². The van der Waals surface area contributed by atoms with Gasteiger partial charge in [0.2, 0.25) is 10.0 Å². The van der Waals surface area contributed by atoms with Gasteiger partial charge in [0, 0.05) is 7.05 Å². The quantitative estimate of drug-likeness (QED) is 0.627. The van der Waals surface area contributed by atoms with E-state index < -0.39 is 15.9 Å². The number of carbonyl (C=O) groups excluding carboxylic acids is 1. The number of aliphatic imine (C=N–C) groups is 1. The number of hydrogen-bond donors (Lipinski definition) is 2. The molecule has 8 heteroatoms. The topological polar surface area (TPSA) is 119 Å². The summed E-state index contributed by atoms with van der Waals surface area (Å²) in [5.74, 6) is -0.915. The van der Waals surface area contributed by atoms with Gasteiger partial charge >= 0.3 is 0 Å². The number of anilines is 1. The van der Waals surface area contributed by atoms with E-state index in [9.17, 15) is 13.2 Å². The predicted molar refractivity (Wildman–Crippen MR) is 88.8 cm³/mol. The number of rotatable bonds is 3. The summed E-state index contributed by atoms with van der Waals surface area (Å²) in [5, 5.41) is 0. The first-order valence-corrected chi connectivity index (χ1v) is 8.42. The highest BCUT2D eigenvalue weighted by atomic mass is 32.2. The largest absolute Gasteiger partial charge is 0.370 e. The highest BCUT2D eigenvalue weighted by molar-refractivity contribution is 7.92. The van der Waals surface area contributed by atoms with Crippen molar-refractivity contribution in [3.05, 3.63) is 27.8 Å². The Morgan fingerprint density at radius 3 is 1.91 bits per heavy atom. The summed E-state index contributed by atoms with van der Waals surface area (Å²) in [5.41, 5.74) is 14.2. The lowest BCUT2D eigenvalue weighted by Crippen LogP contribution is -2.28. The summed E-state index contributed by atoms with van der Waals surface area (Å²) in [6.45, 7) is 7.12. The van der Waals surface area contributed by atoms with Gasteiger partial charge in [-0.2, -0.15) is 4.99 Å². The zero-order valence-corrected chi connectivity index (χ0v) is 14.5. The zero-order valence-electron chi connectivity index (χ0n) is 13.7. The van der Waals surface area contributed by atoms with Gasteiger partial charge in [-0.15, -0.1) is 0 Å². The number of carbonyl (C=O) groups is 1. The first-order valence-electron chi connectivity index (χ1n) is 6.57. The van der Waals surface area contributed by atoms with Crippen LogP contribution >= 0.6 is 0 Å². The van der Waals surface area contributed by atoms with E-state index in [0.29, 0.717) is 16.8 Å². The summed E-state index contributed by atoms with van der Waals surface area (Å²) < 4.78 is 24.9. The number of benzene rings is 1. The van der Waals surface area contributed by atoms with Gasteiger partial charge in [0.25, 0.3) is 5.91 Å². The molecule has 1 aromatic rings. The third-order valence-corrected chi connectivity index (χ3v) is 5.02. The normalized spacial score (nSPS) is 11.2. The van der Waals surface area contributed by atoms with E-state index in [-0.39, 0.29) is 5.96 Å². The van der Waals surface area contributed by atoms with Crippen molar-refractivity contribution in [1.82, 2.24) is 0 Å². The maximum atomic E-state index is 12.3. The number of guanidine groups is 1. The van der Waals surface area contributed by atoms with Gasteiger partial charge in [-0.25, -0.2) is 8.42 Å². The van der Waals surface area contributed by atoms with Crippen LogP contribution in [0.25, 0.3) is 0 Å². The van der Waals surface area contributed by atoms with E-state index >= 15 is 0 Å². The van der Waals surface area contributed by atoms with Crippen molar-refractivity contribution >= 4 is 27.6 Å². The Labute approximate surface area is 131 Å². The molecule has 0 saturated heterocycles. The Bertz CT molecular complexity index is 763. The fraction of sp³-hybridized carbons (Fsp3) is 0.429. The van der Waals surface area contributed by atoms with Crippen LogP contribution in [0.2, 0.25) is 0 Å². The molecule has 1 aromatic carbocycles. The first kappa shape index (κ1) is 18.0. The zero-order chi connectivity index (χ0) is 17.4. The van der Waals surface area contributed by atoms with Crippen molar-refractivity contribution in [2.24, 2.45) is 16.5 Å². The van der Waals surface area contributed by atoms with Crippen molar-refractivity contribution in [3.8, 4) is 0 Å². The SMILES string of the molecule is Cc1c(C)c(C(=O)N=C(N)N)c(C)c(N(C)S(C)(=O)=O)c1C. The smallest absolute Gasteiger partial charge is 0.280 e. The van der Waals surface area contributed by atoms with Crippen molar-refractivity contribution < 1.29 is 13.2 Å². The third kappa shape index (κ3) is 3.22. The molecule has 1 amide bonds. The molecule has 0 saturated carbocycles. The molecule has 0 radical (unpaired) electrons. The third-order valence-electron chi connectivity index (χ3n) is 3.84. The molecule has 0 heterocycles. The second-order valence-corrected chi connectivity index (χ2v) is 7.31. The van der Waals surface area contributed by atoms with Gasteiger partial charge < -0.3 is 11.5 Å². The number of amides is 1. The van der Waals surface area contributed by atoms with Crippen LogP contribution in [0.15, 0.2) is 4.99 Å². The molecule has 7 nitrogen and oxygen atoms in total. The summed E-state index contributed by atoms with van der Waals surface area (Å²) >= 11 is 0. The van der Waals surface area contributed by atoms with E-state index in [0.717, 1.165) is 27.3 Å². The Morgan fingerprint density at radius 1 is 1.00 bits per heavy atom. The van der Waals surface area contributed by atoms with Gasteiger partial charge in [0.05, 0.1) is 17.5 Å². The minimum Gasteiger partial charge on any atom is -0.370 e. The molecule has 4 N–H and O–H groups in total. The van der Waals surface area contributed by atoms with E-state index in [1.54, 1.807) is 13.8 Å². The average Bonchev–Trinajstić information content (AvgIpc) is 2.34. The molecule has 0 aliphatic carbocycles. The van der Waals surface area contributed by atoms with E-state index in [1.165, 1.54) is 7.05 Å². The minimum absolute atomic E-state index is 0.321. The molecule has 0 aromatic heterocycles. The van der Waals surface area contributed by atoms with Gasteiger partial charge in [0.15, 0.2) is 5.96 Å². The fourth-order valence-corrected chi connectivity index (χ4v) is 3.06. The number of nitrogens with two attached hydrogens (primary N) is 2. The van der Waals surface area contributed by atoms with Crippen LogP contribution in [0.5, 0.6) is 0 Å². The van der Waals surface area contributed by atoms with E-state index in [2.05, 4.69) is 4.99 Å². The molecular weight excluding hydrogens is 304 g/mol. The highest BCUT2D eigenvalue weighted by Crippen LogP contribution is 2.34. The second-order valence-electron chi connectivity index (χ2n) is 5.30. The average molecular weight is 326 g/mol. The molecule has 0 aliphatic heterocycles. The van der Waals surface area contributed by atoms with Crippen molar-refractivity contribution in [3.63, 3.8) is 0 Å². The predicted octanol–water partition coefficient (Wildman–Crippen LogP) is 0.730. The maximum Gasteiger partial charge on any atom is 0.280 e. The molecule has 22 heavy (non-hydrogen) atoms. The lowest BCUT2D eigenvalue weighted by atomic mass is 9.91. The van der Waals surface area contributed by atoms with Crippen molar-refractivity contribution in [2.45, 2.75) is 27.7 Å². The van der Waals surface area contributed by atoms with Gasteiger partial charge in [0.1, 0.15) is 0 Å². The van der Waals surface area contributed by atoms with Gasteiger partial charge in [-0.1, -0.05) is 0 Å². The maximum absolute atomic E-state index is 12.3. The van der Waals surface area contributed by atoms with Crippen molar-refractivity contribution in [2.75, 3.05) is 17.6 Å². The standard InChI is InChI=1S/C14H22N4O3S/c1-7-8(2)11(13(19)17-14(15)16)10(4)12(9(7)3)18(5)22(6,20)21/h1-6H3,(H4,15,16,17,19). The summed E-state index contributed by atoms with van der Waals surface area (Å²) in [6.07, 6.45) is 1.11. The fourth-order valence-electron chi connectivity index (χ4n) is 2.46. The van der Waals surface area contributed by atoms with Crippen LogP contribution in [0.1, 0.15) is 32.6 Å². The molecule has 122 valence electrons. The van der Waals surface area contributed by atoms with Crippen LogP contribution in [-0.4, -0.2) is 33.6 Å². The molecule has 0 fully saturated rings. The lowest BCUT2D eigenvalue weighted by molar-refractivity contribution is 0.100. The molecule has 0 atom stereocenters. The monoisotopic (exact) mass is 326 g/mol. The van der Waals surface area contributed by atoms with E-state index in [1.807, 2.05) is 13.8 Å². The molecule has 0 unspecified atom stereocenters. The molecular formula is C14H22N4O3S. The summed E-state index contributed by atoms with van der Waals surface area (Å²) in [6, 6.07) is 0. The van der Waals surface area contributed by atoms with Crippen LogP contribution in [0.3, 0.4) is 0 Å². The lowest BCUT2D eigenvalue weighted by Gasteiger charge is -2.25. The Kier molecular flexibility index (Phi) is 4.86. The van der Waals surface area contributed by atoms with Crippen molar-refractivity contribution in [1.29, 1.82) is 0 Å². The number of nitrogens with zero attached hydrogens (tertiary/aromatic N) is 2. The van der Waals surface area contributed by atoms with Crippen LogP contribution in [0.4, 0.5) is 5.69 Å². The minimum atomic E-state index is -3.46. The second kappa shape index (κ2) is 5.96. The molecule has 1 rings (SSSR count). The Hall–Kier alpha value is -2.09. The molecule has 0 bridgehead atoms. The Morgan fingerprint density at radius 2 is 1.50 bits per heavy atom. The number of hydrogen-bond acceptors (Lipinski definition) is 3.